The molecule has 1 saturated heterocycles. The molecular weight excluding hydrogens is 492 g/mol. The van der Waals surface area contributed by atoms with E-state index in [4.69, 9.17) is 4.98 Å². The van der Waals surface area contributed by atoms with Gasteiger partial charge in [0.1, 0.15) is 5.82 Å². The van der Waals surface area contributed by atoms with E-state index in [1.54, 1.807) is 0 Å². The molecule has 0 aliphatic carbocycles. The molecule has 1 aliphatic rings. The molecule has 4 aromatic rings. The highest BCUT2D eigenvalue weighted by Gasteiger charge is 2.35. The Balaban J connectivity index is 1.61. The Labute approximate surface area is 239 Å². The van der Waals surface area contributed by atoms with Gasteiger partial charge in [-0.15, -0.1) is 0 Å². The summed E-state index contributed by atoms with van der Waals surface area (Å²) in [5, 5.41) is 3.61. The molecule has 1 N–H and O–H groups in total. The second-order valence-electron chi connectivity index (χ2n) is 11.2. The predicted octanol–water partition coefficient (Wildman–Crippen LogP) is 7.22. The van der Waals surface area contributed by atoms with Gasteiger partial charge in [-0.05, 0) is 55.5 Å². The highest BCUT2D eigenvalue weighted by Crippen LogP contribution is 2.35. The molecule has 5 nitrogen and oxygen atoms in total. The van der Waals surface area contributed by atoms with Crippen LogP contribution in [0.5, 0.6) is 0 Å². The molecule has 2 heterocycles. The minimum atomic E-state index is -0.151. The summed E-state index contributed by atoms with van der Waals surface area (Å²) in [6.07, 6.45) is 6.64. The van der Waals surface area contributed by atoms with Crippen LogP contribution in [0.4, 0.5) is 0 Å². The summed E-state index contributed by atoms with van der Waals surface area (Å²) in [4.78, 5) is 21.8. The fourth-order valence-corrected chi connectivity index (χ4v) is 5.84. The number of benzene rings is 3. The molecule has 1 aromatic heterocycles. The molecule has 1 amide bonds. The normalized spacial score (nSPS) is 17.1. The summed E-state index contributed by atoms with van der Waals surface area (Å²) in [7, 11) is 0. The first kappa shape index (κ1) is 27.9. The lowest BCUT2D eigenvalue weighted by molar-refractivity contribution is 0.0541. The molecule has 3 aromatic carbocycles. The lowest BCUT2D eigenvalue weighted by Crippen LogP contribution is -2.43. The Morgan fingerprint density at radius 2 is 1.65 bits per heavy atom. The predicted molar refractivity (Wildman–Crippen MR) is 163 cm³/mol. The van der Waals surface area contributed by atoms with E-state index in [9.17, 15) is 4.79 Å². The number of nitrogens with one attached hydrogen (secondary N) is 1. The molecule has 0 radical (unpaired) electrons. The molecule has 5 heteroatoms. The molecule has 1 unspecified atom stereocenters. The lowest BCUT2D eigenvalue weighted by Gasteiger charge is -2.37. The van der Waals surface area contributed by atoms with Crippen LogP contribution in [0.25, 0.3) is 11.3 Å². The van der Waals surface area contributed by atoms with Crippen molar-refractivity contribution in [3.8, 4) is 11.3 Å². The van der Waals surface area contributed by atoms with E-state index in [1.807, 2.05) is 36.4 Å². The highest BCUT2D eigenvalue weighted by molar-refractivity contribution is 5.94. The van der Waals surface area contributed by atoms with E-state index in [-0.39, 0.29) is 17.9 Å². The number of rotatable bonds is 10. The molecule has 0 spiro atoms. The standard InChI is InChI=1S/C35H42N4O/c1-3-27(2)33(39(25-29-17-13-14-22-36-23-29)35(40)31-20-11-6-12-21-31)34-37-32(30-18-9-5-10-19-30)26-38(34)24-28-15-7-4-8-16-28/h4-12,15-16,18-21,26-27,29,33,36H,3,13-14,17,22-25H2,1-2H3/t27?,29-,33+/m0/s1. The maximum Gasteiger partial charge on any atom is 0.254 e. The zero-order valence-corrected chi connectivity index (χ0v) is 23.9. The number of aromatic nitrogens is 2. The van der Waals surface area contributed by atoms with Gasteiger partial charge in [-0.25, -0.2) is 4.98 Å². The van der Waals surface area contributed by atoms with Crippen molar-refractivity contribution in [3.63, 3.8) is 0 Å². The number of carbonyl (C=O) groups excluding carboxylic acids is 1. The maximum atomic E-state index is 14.4. The van der Waals surface area contributed by atoms with Crippen molar-refractivity contribution in [3.05, 3.63) is 114 Å². The Bertz CT molecular complexity index is 1330. The van der Waals surface area contributed by atoms with Gasteiger partial charge in [-0.1, -0.05) is 106 Å². The number of amides is 1. The van der Waals surface area contributed by atoms with Crippen LogP contribution in [0.2, 0.25) is 0 Å². The summed E-state index contributed by atoms with van der Waals surface area (Å²) in [5.41, 5.74) is 4.00. The van der Waals surface area contributed by atoms with E-state index in [0.717, 1.165) is 48.6 Å². The Morgan fingerprint density at radius 3 is 2.35 bits per heavy atom. The number of nitrogens with zero attached hydrogens (tertiary/aromatic N) is 3. The summed E-state index contributed by atoms with van der Waals surface area (Å²) < 4.78 is 2.28. The van der Waals surface area contributed by atoms with Crippen molar-refractivity contribution >= 4 is 5.91 Å². The first-order valence-electron chi connectivity index (χ1n) is 14.9. The van der Waals surface area contributed by atoms with Crippen LogP contribution in [0.1, 0.15) is 67.3 Å². The van der Waals surface area contributed by atoms with E-state index in [0.29, 0.717) is 19.0 Å². The van der Waals surface area contributed by atoms with Gasteiger partial charge in [0.15, 0.2) is 0 Å². The first-order chi connectivity index (χ1) is 19.6. The molecule has 208 valence electrons. The monoisotopic (exact) mass is 534 g/mol. The molecule has 40 heavy (non-hydrogen) atoms. The molecule has 1 fully saturated rings. The van der Waals surface area contributed by atoms with Crippen LogP contribution >= 0.6 is 0 Å². The largest absolute Gasteiger partial charge is 0.328 e. The second-order valence-corrected chi connectivity index (χ2v) is 11.2. The zero-order chi connectivity index (χ0) is 27.7. The zero-order valence-electron chi connectivity index (χ0n) is 23.9. The highest BCUT2D eigenvalue weighted by atomic mass is 16.2. The molecule has 0 saturated carbocycles. The maximum absolute atomic E-state index is 14.4. The van der Waals surface area contributed by atoms with E-state index in [2.05, 4.69) is 89.4 Å². The SMILES string of the molecule is CCC(C)[C@H](c1nc(-c2ccccc2)cn1Cc1ccccc1)N(C[C@H]1CCCCNC1)C(=O)c1ccccc1. The third-order valence-electron chi connectivity index (χ3n) is 8.24. The summed E-state index contributed by atoms with van der Waals surface area (Å²) >= 11 is 0. The van der Waals surface area contributed by atoms with E-state index in [1.165, 1.54) is 18.4 Å². The van der Waals surface area contributed by atoms with Crippen molar-refractivity contribution in [1.29, 1.82) is 0 Å². The molecular formula is C35H42N4O. The topological polar surface area (TPSA) is 50.2 Å². The third kappa shape index (κ3) is 6.71. The van der Waals surface area contributed by atoms with Gasteiger partial charge in [0.05, 0.1) is 11.7 Å². The molecule has 0 bridgehead atoms. The van der Waals surface area contributed by atoms with Crippen LogP contribution in [0.3, 0.4) is 0 Å². The van der Waals surface area contributed by atoms with Crippen molar-refractivity contribution in [1.82, 2.24) is 19.8 Å². The summed E-state index contributed by atoms with van der Waals surface area (Å²) in [6.45, 7) is 7.92. The minimum absolute atomic E-state index is 0.0886. The molecule has 1 aliphatic heterocycles. The first-order valence-corrected chi connectivity index (χ1v) is 14.9. The van der Waals surface area contributed by atoms with Gasteiger partial charge in [-0.3, -0.25) is 4.79 Å². The Hall–Kier alpha value is -3.70. The number of carbonyl (C=O) groups is 1. The second kappa shape index (κ2) is 13.6. The fourth-order valence-electron chi connectivity index (χ4n) is 5.84. The number of hydrogen-bond donors (Lipinski definition) is 1. The van der Waals surface area contributed by atoms with Crippen LogP contribution in [0.15, 0.2) is 97.2 Å². The Morgan fingerprint density at radius 1 is 0.975 bits per heavy atom. The van der Waals surface area contributed by atoms with Crippen molar-refractivity contribution < 1.29 is 4.79 Å². The van der Waals surface area contributed by atoms with Gasteiger partial charge >= 0.3 is 0 Å². The number of hydrogen-bond acceptors (Lipinski definition) is 3. The van der Waals surface area contributed by atoms with E-state index < -0.39 is 0 Å². The average Bonchev–Trinajstić information content (AvgIpc) is 3.23. The summed E-state index contributed by atoms with van der Waals surface area (Å²) in [5.74, 6) is 1.69. The fraction of sp³-hybridized carbons (Fsp3) is 0.371. The summed E-state index contributed by atoms with van der Waals surface area (Å²) in [6, 6.07) is 30.5. The van der Waals surface area contributed by atoms with Gasteiger partial charge in [0.2, 0.25) is 0 Å². The average molecular weight is 535 g/mol. The van der Waals surface area contributed by atoms with Crippen LogP contribution in [-0.4, -0.2) is 40.0 Å². The molecule has 3 atom stereocenters. The van der Waals surface area contributed by atoms with Crippen LogP contribution < -0.4 is 5.32 Å². The van der Waals surface area contributed by atoms with E-state index >= 15 is 0 Å². The van der Waals surface area contributed by atoms with Crippen LogP contribution in [0, 0.1) is 11.8 Å². The Kier molecular flexibility index (Phi) is 9.46. The van der Waals surface area contributed by atoms with Gasteiger partial charge in [0.25, 0.3) is 5.91 Å². The third-order valence-corrected chi connectivity index (χ3v) is 8.24. The van der Waals surface area contributed by atoms with Crippen molar-refractivity contribution in [2.45, 2.75) is 52.1 Å². The van der Waals surface area contributed by atoms with Gasteiger partial charge in [-0.2, -0.15) is 0 Å². The van der Waals surface area contributed by atoms with Gasteiger partial charge < -0.3 is 14.8 Å². The quantitative estimate of drug-likeness (QED) is 0.234. The molecule has 5 rings (SSSR count). The van der Waals surface area contributed by atoms with Crippen molar-refractivity contribution in [2.24, 2.45) is 11.8 Å². The number of imidazole rings is 1. The van der Waals surface area contributed by atoms with Crippen molar-refractivity contribution in [2.75, 3.05) is 19.6 Å². The lowest BCUT2D eigenvalue weighted by atomic mass is 9.93. The minimum Gasteiger partial charge on any atom is -0.328 e. The smallest absolute Gasteiger partial charge is 0.254 e. The van der Waals surface area contributed by atoms with Crippen LogP contribution in [-0.2, 0) is 6.54 Å². The van der Waals surface area contributed by atoms with Gasteiger partial charge in [0, 0.05) is 30.4 Å².